The maximum Gasteiger partial charge on any atom is 0.226 e. The normalized spacial score (nSPS) is 24.5. The maximum atomic E-state index is 10.8. The molecular formula is C34H31N5O4. The van der Waals surface area contributed by atoms with Gasteiger partial charge in [0.2, 0.25) is 5.60 Å². The summed E-state index contributed by atoms with van der Waals surface area (Å²) in [7, 11) is 0. The molecule has 43 heavy (non-hydrogen) atoms. The number of rotatable bonds is 7. The number of fused-ring (bicyclic) bond motifs is 2. The lowest BCUT2D eigenvalue weighted by Crippen LogP contribution is -2.40. The van der Waals surface area contributed by atoms with Gasteiger partial charge < -0.3 is 24.7 Å². The number of nitrogens with two attached hydrogens (primary N) is 1. The topological polar surface area (TPSA) is 117 Å². The highest BCUT2D eigenvalue weighted by molar-refractivity contribution is 5.66. The molecule has 2 fully saturated rings. The Morgan fingerprint density at radius 3 is 2.00 bits per heavy atom. The Kier molecular flexibility index (Phi) is 6.52. The summed E-state index contributed by atoms with van der Waals surface area (Å²) in [6.45, 7) is 3.77. The highest BCUT2D eigenvalue weighted by atomic mass is 16.8. The molecule has 216 valence electrons. The Bertz CT molecular complexity index is 1690. The lowest BCUT2D eigenvalue weighted by molar-refractivity contribution is -0.209. The molecule has 2 N–H and O–H groups in total. The molecule has 2 aliphatic rings. The summed E-state index contributed by atoms with van der Waals surface area (Å²) in [6, 6.07) is 36.3. The van der Waals surface area contributed by atoms with Crippen LogP contribution < -0.4 is 5.73 Å². The quantitative estimate of drug-likeness (QED) is 0.272. The van der Waals surface area contributed by atoms with Gasteiger partial charge in [-0.3, -0.25) is 0 Å². The maximum absolute atomic E-state index is 10.8. The van der Waals surface area contributed by atoms with E-state index in [0.717, 1.165) is 16.7 Å². The van der Waals surface area contributed by atoms with Crippen molar-refractivity contribution in [2.24, 2.45) is 0 Å². The van der Waals surface area contributed by atoms with Crippen molar-refractivity contribution in [2.45, 2.75) is 49.1 Å². The van der Waals surface area contributed by atoms with Gasteiger partial charge >= 0.3 is 0 Å². The van der Waals surface area contributed by atoms with Crippen LogP contribution in [0.2, 0.25) is 0 Å². The summed E-state index contributed by atoms with van der Waals surface area (Å²) in [6.07, 6.45) is -0.658. The van der Waals surface area contributed by atoms with E-state index in [0.29, 0.717) is 17.0 Å². The van der Waals surface area contributed by atoms with Crippen molar-refractivity contribution < 1.29 is 18.9 Å². The second kappa shape index (κ2) is 10.3. The van der Waals surface area contributed by atoms with Gasteiger partial charge in [0.1, 0.15) is 41.8 Å². The first-order chi connectivity index (χ1) is 20.9. The van der Waals surface area contributed by atoms with Gasteiger partial charge in [0.25, 0.3) is 0 Å². The highest BCUT2D eigenvalue weighted by Gasteiger charge is 2.65. The van der Waals surface area contributed by atoms with Crippen LogP contribution in [-0.4, -0.2) is 45.3 Å². The first kappa shape index (κ1) is 27.3. The third-order valence-corrected chi connectivity index (χ3v) is 8.27. The average Bonchev–Trinajstić information content (AvgIpc) is 3.70. The molecule has 2 aromatic heterocycles. The molecule has 0 bridgehead atoms. The first-order valence-electron chi connectivity index (χ1n) is 14.2. The molecule has 4 atom stereocenters. The van der Waals surface area contributed by atoms with Gasteiger partial charge in [-0.25, -0.2) is 9.50 Å². The Balaban J connectivity index is 1.33. The predicted molar refractivity (Wildman–Crippen MR) is 159 cm³/mol. The third kappa shape index (κ3) is 4.30. The van der Waals surface area contributed by atoms with Crippen molar-refractivity contribution in [3.63, 3.8) is 0 Å². The number of nitriles is 1. The monoisotopic (exact) mass is 573 g/mol. The van der Waals surface area contributed by atoms with Gasteiger partial charge in [0, 0.05) is 0 Å². The van der Waals surface area contributed by atoms with Crippen LogP contribution in [0.5, 0.6) is 0 Å². The summed E-state index contributed by atoms with van der Waals surface area (Å²) in [4.78, 5) is 4.09. The smallest absolute Gasteiger partial charge is 0.226 e. The number of hydrogen-bond acceptors (Lipinski definition) is 8. The van der Waals surface area contributed by atoms with Crippen LogP contribution in [0.25, 0.3) is 5.52 Å². The van der Waals surface area contributed by atoms with Crippen LogP contribution in [-0.2, 0) is 30.1 Å². The molecule has 0 saturated carbocycles. The first-order valence-corrected chi connectivity index (χ1v) is 14.2. The molecule has 5 aromatic rings. The third-order valence-electron chi connectivity index (χ3n) is 8.27. The Hall–Kier alpha value is -4.59. The van der Waals surface area contributed by atoms with E-state index in [9.17, 15) is 5.26 Å². The molecule has 0 spiro atoms. The zero-order valence-electron chi connectivity index (χ0n) is 23.8. The van der Waals surface area contributed by atoms with Crippen LogP contribution in [0.3, 0.4) is 0 Å². The Morgan fingerprint density at radius 1 is 0.860 bits per heavy atom. The van der Waals surface area contributed by atoms with Crippen LogP contribution in [0.15, 0.2) is 109 Å². The van der Waals surface area contributed by atoms with E-state index in [1.165, 1.54) is 6.33 Å². The van der Waals surface area contributed by atoms with Gasteiger partial charge in [-0.05, 0) is 42.7 Å². The number of anilines is 1. The fourth-order valence-electron chi connectivity index (χ4n) is 6.44. The molecule has 0 radical (unpaired) electrons. The van der Waals surface area contributed by atoms with Crippen molar-refractivity contribution in [1.29, 1.82) is 5.26 Å². The summed E-state index contributed by atoms with van der Waals surface area (Å²) in [5.41, 5.74) is 7.54. The molecular weight excluding hydrogens is 542 g/mol. The van der Waals surface area contributed by atoms with E-state index in [1.807, 2.05) is 68.4 Å². The lowest BCUT2D eigenvalue weighted by Gasteiger charge is -2.37. The molecule has 2 saturated heterocycles. The van der Waals surface area contributed by atoms with E-state index >= 15 is 0 Å². The molecule has 0 amide bonds. The number of nitrogens with zero attached hydrogens (tertiary/aromatic N) is 4. The van der Waals surface area contributed by atoms with Gasteiger partial charge in [-0.1, -0.05) is 91.0 Å². The van der Waals surface area contributed by atoms with Crippen LogP contribution in [0.1, 0.15) is 36.2 Å². The molecule has 9 nitrogen and oxygen atoms in total. The minimum Gasteiger partial charge on any atom is -0.382 e. The SMILES string of the molecule is CC1(C)O[C@H]2[C@@H](O1)C(C#N)(c1ccc3c(N)ncnn13)O[C@@H]2COC(c1ccccc1)(c1ccccc1)c1ccccc1. The largest absolute Gasteiger partial charge is 0.382 e. The standard InChI is InChI=1S/C34H31N5O4/c1-32(2)42-29-27(41-33(21-35,30(29)43-32)28-19-18-26-31(36)37-22-38-39(26)28)20-40-34(23-12-6-3-7-13-23,24-14-8-4-9-15-24)25-16-10-5-11-17-25/h3-19,22,27,29-30H,20H2,1-2H3,(H2,36,37,38)/t27-,29-,30-,33?/m1/s1. The molecule has 0 aliphatic carbocycles. The Labute approximate surface area is 249 Å². The fourth-order valence-corrected chi connectivity index (χ4v) is 6.44. The van der Waals surface area contributed by atoms with Crippen molar-refractivity contribution in [1.82, 2.24) is 14.6 Å². The van der Waals surface area contributed by atoms with Crippen molar-refractivity contribution in [3.05, 3.63) is 132 Å². The minimum atomic E-state index is -1.55. The molecule has 7 rings (SSSR count). The molecule has 2 aliphatic heterocycles. The van der Waals surface area contributed by atoms with Crippen molar-refractivity contribution in [3.8, 4) is 6.07 Å². The Morgan fingerprint density at radius 2 is 1.44 bits per heavy atom. The van der Waals surface area contributed by atoms with Crippen molar-refractivity contribution >= 4 is 11.3 Å². The van der Waals surface area contributed by atoms with Gasteiger partial charge in [-0.15, -0.1) is 0 Å². The summed E-state index contributed by atoms with van der Waals surface area (Å²) >= 11 is 0. The van der Waals surface area contributed by atoms with Gasteiger partial charge in [0.05, 0.1) is 12.3 Å². The highest BCUT2D eigenvalue weighted by Crippen LogP contribution is 2.50. The van der Waals surface area contributed by atoms with E-state index in [1.54, 1.807) is 16.6 Å². The van der Waals surface area contributed by atoms with Crippen molar-refractivity contribution in [2.75, 3.05) is 12.3 Å². The summed E-state index contributed by atoms with van der Waals surface area (Å²) in [5.74, 6) is -0.651. The van der Waals surface area contributed by atoms with Crippen LogP contribution >= 0.6 is 0 Å². The molecule has 9 heteroatoms. The number of benzene rings is 3. The molecule has 4 heterocycles. The van der Waals surface area contributed by atoms with Gasteiger partial charge in [-0.2, -0.15) is 10.4 Å². The summed E-state index contributed by atoms with van der Waals surface area (Å²) < 4.78 is 28.2. The number of aromatic nitrogens is 3. The predicted octanol–water partition coefficient (Wildman–Crippen LogP) is 4.96. The zero-order valence-corrected chi connectivity index (χ0v) is 23.8. The number of ether oxygens (including phenoxy) is 4. The second-order valence-electron chi connectivity index (χ2n) is 11.3. The zero-order chi connectivity index (χ0) is 29.7. The number of nitrogen functional groups attached to an aromatic ring is 1. The second-order valence-corrected chi connectivity index (χ2v) is 11.3. The van der Waals surface area contributed by atoms with Crippen LogP contribution in [0.4, 0.5) is 5.82 Å². The lowest BCUT2D eigenvalue weighted by atomic mass is 9.80. The van der Waals surface area contributed by atoms with E-state index in [4.69, 9.17) is 24.7 Å². The average molecular weight is 574 g/mol. The van der Waals surface area contributed by atoms with E-state index in [2.05, 4.69) is 52.6 Å². The number of hydrogen-bond donors (Lipinski definition) is 1. The molecule has 3 aromatic carbocycles. The van der Waals surface area contributed by atoms with E-state index < -0.39 is 35.3 Å². The van der Waals surface area contributed by atoms with Crippen LogP contribution in [0, 0.1) is 11.3 Å². The summed E-state index contributed by atoms with van der Waals surface area (Å²) in [5, 5.41) is 15.2. The fraction of sp³-hybridized carbons (Fsp3) is 0.265. The minimum absolute atomic E-state index is 0.100. The van der Waals surface area contributed by atoms with Gasteiger partial charge in [0.15, 0.2) is 11.6 Å². The van der Waals surface area contributed by atoms with E-state index in [-0.39, 0.29) is 6.61 Å². The molecule has 1 unspecified atom stereocenters.